The van der Waals surface area contributed by atoms with E-state index in [0.717, 1.165) is 25.7 Å². The molecule has 0 amide bonds. The van der Waals surface area contributed by atoms with Gasteiger partial charge >= 0.3 is 0 Å². The highest BCUT2D eigenvalue weighted by Gasteiger charge is 2.28. The van der Waals surface area contributed by atoms with Crippen LogP contribution < -0.4 is 15.2 Å². The lowest BCUT2D eigenvalue weighted by Gasteiger charge is -2.28. The molecule has 3 N–H and O–H groups in total. The first kappa shape index (κ1) is 16.3. The molecule has 21 heavy (non-hydrogen) atoms. The molecule has 0 spiro atoms. The van der Waals surface area contributed by atoms with Crippen molar-refractivity contribution in [3.05, 3.63) is 24.3 Å². The molecule has 118 valence electrons. The van der Waals surface area contributed by atoms with Gasteiger partial charge in [-0.1, -0.05) is 31.7 Å². The Morgan fingerprint density at radius 1 is 1.24 bits per heavy atom. The number of nitrogens with two attached hydrogens (primary N) is 1. The summed E-state index contributed by atoms with van der Waals surface area (Å²) >= 11 is 0. The van der Waals surface area contributed by atoms with Gasteiger partial charge in [0.25, 0.3) is 0 Å². The van der Waals surface area contributed by atoms with Gasteiger partial charge in [0.1, 0.15) is 5.75 Å². The van der Waals surface area contributed by atoms with E-state index in [-0.39, 0.29) is 11.4 Å². The van der Waals surface area contributed by atoms with E-state index < -0.39 is 15.6 Å². The smallest absolute Gasteiger partial charge is 0.240 e. The van der Waals surface area contributed by atoms with Crippen LogP contribution in [0.1, 0.15) is 38.5 Å². The minimum atomic E-state index is -3.55. The highest BCUT2D eigenvalue weighted by atomic mass is 32.2. The van der Waals surface area contributed by atoms with Crippen LogP contribution in [0.4, 0.5) is 0 Å². The van der Waals surface area contributed by atoms with Gasteiger partial charge in [-0.2, -0.15) is 0 Å². The van der Waals surface area contributed by atoms with Crippen LogP contribution in [0.2, 0.25) is 0 Å². The van der Waals surface area contributed by atoms with Gasteiger partial charge in [-0.25, -0.2) is 13.1 Å². The zero-order chi connectivity index (χ0) is 15.3. The molecular weight excluding hydrogens is 288 g/mol. The van der Waals surface area contributed by atoms with E-state index >= 15 is 0 Å². The number of sulfonamides is 1. The Morgan fingerprint density at radius 3 is 2.52 bits per heavy atom. The average Bonchev–Trinajstić information content (AvgIpc) is 2.71. The number of benzene rings is 1. The molecule has 1 fully saturated rings. The van der Waals surface area contributed by atoms with Crippen molar-refractivity contribution in [2.24, 2.45) is 5.73 Å². The number of ether oxygens (including phenoxy) is 1. The third-order valence-electron chi connectivity index (χ3n) is 4.07. The molecule has 0 aliphatic heterocycles. The fourth-order valence-electron chi connectivity index (χ4n) is 2.70. The molecule has 0 heterocycles. The number of hydrogen-bond acceptors (Lipinski definition) is 4. The Bertz CT molecular complexity index is 564. The second kappa shape index (κ2) is 6.77. The Morgan fingerprint density at radius 2 is 1.90 bits per heavy atom. The molecule has 5 nitrogen and oxygen atoms in total. The van der Waals surface area contributed by atoms with Gasteiger partial charge in [-0.3, -0.25) is 0 Å². The minimum absolute atomic E-state index is 0.207. The van der Waals surface area contributed by atoms with Crippen molar-refractivity contribution in [3.63, 3.8) is 0 Å². The first-order valence-corrected chi connectivity index (χ1v) is 8.86. The molecule has 0 saturated heterocycles. The largest absolute Gasteiger partial charge is 0.497 e. The predicted octanol–water partition coefficient (Wildman–Crippen LogP) is 2.03. The first-order valence-electron chi connectivity index (χ1n) is 7.38. The Hall–Kier alpha value is -1.11. The predicted molar refractivity (Wildman–Crippen MR) is 82.8 cm³/mol. The fourth-order valence-corrected chi connectivity index (χ4v) is 3.87. The van der Waals surface area contributed by atoms with Crippen LogP contribution in [-0.2, 0) is 10.0 Å². The molecule has 1 aromatic carbocycles. The van der Waals surface area contributed by atoms with Gasteiger partial charge in [0, 0.05) is 18.2 Å². The quantitative estimate of drug-likeness (QED) is 0.815. The standard InChI is InChI=1S/C15H24N2O3S/c1-20-13-7-6-8-14(11-13)21(18,19)17-12-15(16)9-4-2-3-5-10-15/h6-8,11,17H,2-5,9-10,12,16H2,1H3. The van der Waals surface area contributed by atoms with Gasteiger partial charge in [-0.15, -0.1) is 0 Å². The molecule has 1 aliphatic carbocycles. The van der Waals surface area contributed by atoms with Crippen LogP contribution in [0.3, 0.4) is 0 Å². The van der Waals surface area contributed by atoms with Crippen molar-refractivity contribution in [1.29, 1.82) is 0 Å². The summed E-state index contributed by atoms with van der Waals surface area (Å²) in [6.07, 6.45) is 6.24. The highest BCUT2D eigenvalue weighted by Crippen LogP contribution is 2.25. The zero-order valence-corrected chi connectivity index (χ0v) is 13.3. The van der Waals surface area contributed by atoms with E-state index in [1.165, 1.54) is 26.0 Å². The molecule has 1 aliphatic rings. The third-order valence-corrected chi connectivity index (χ3v) is 5.46. The lowest BCUT2D eigenvalue weighted by atomic mass is 9.92. The van der Waals surface area contributed by atoms with E-state index in [1.807, 2.05) is 0 Å². The van der Waals surface area contributed by atoms with Crippen LogP contribution in [0.15, 0.2) is 29.2 Å². The maximum Gasteiger partial charge on any atom is 0.240 e. The van der Waals surface area contributed by atoms with Crippen molar-refractivity contribution in [3.8, 4) is 5.75 Å². The zero-order valence-electron chi connectivity index (χ0n) is 12.5. The van der Waals surface area contributed by atoms with Gasteiger partial charge in [-0.05, 0) is 25.0 Å². The van der Waals surface area contributed by atoms with Crippen LogP contribution >= 0.6 is 0 Å². The minimum Gasteiger partial charge on any atom is -0.497 e. The molecule has 1 aromatic rings. The van der Waals surface area contributed by atoms with E-state index in [1.54, 1.807) is 18.2 Å². The fraction of sp³-hybridized carbons (Fsp3) is 0.600. The normalized spacial score (nSPS) is 19.0. The topological polar surface area (TPSA) is 81.4 Å². The molecule has 0 unspecified atom stereocenters. The van der Waals surface area contributed by atoms with Crippen LogP contribution in [0.25, 0.3) is 0 Å². The summed E-state index contributed by atoms with van der Waals surface area (Å²) < 4.78 is 32.4. The Labute approximate surface area is 126 Å². The van der Waals surface area contributed by atoms with Gasteiger partial charge in [0.2, 0.25) is 10.0 Å². The molecule has 0 aromatic heterocycles. The van der Waals surface area contributed by atoms with E-state index in [2.05, 4.69) is 4.72 Å². The lowest BCUT2D eigenvalue weighted by molar-refractivity contribution is 0.369. The van der Waals surface area contributed by atoms with Gasteiger partial charge in [0.15, 0.2) is 0 Å². The van der Waals surface area contributed by atoms with Crippen molar-refractivity contribution in [2.45, 2.75) is 49.0 Å². The second-order valence-corrected chi connectivity index (χ2v) is 7.55. The summed E-state index contributed by atoms with van der Waals surface area (Å²) in [6.45, 7) is 0.284. The monoisotopic (exact) mass is 312 g/mol. The maximum atomic E-state index is 12.3. The average molecular weight is 312 g/mol. The summed E-state index contributed by atoms with van der Waals surface area (Å²) in [6, 6.07) is 6.45. The maximum absolute atomic E-state index is 12.3. The number of hydrogen-bond donors (Lipinski definition) is 2. The molecule has 1 saturated carbocycles. The third kappa shape index (κ3) is 4.43. The molecule has 2 rings (SSSR count). The molecule has 6 heteroatoms. The summed E-state index contributed by atoms with van der Waals surface area (Å²) in [5.41, 5.74) is 5.92. The molecule has 0 atom stereocenters. The van der Waals surface area contributed by atoms with E-state index in [9.17, 15) is 8.42 Å². The molecule has 0 radical (unpaired) electrons. The highest BCUT2D eigenvalue weighted by molar-refractivity contribution is 7.89. The summed E-state index contributed by atoms with van der Waals surface area (Å²) in [5.74, 6) is 0.523. The Balaban J connectivity index is 2.06. The molecular formula is C15H24N2O3S. The summed E-state index contributed by atoms with van der Waals surface area (Å²) in [7, 11) is -2.04. The van der Waals surface area contributed by atoms with Crippen molar-refractivity contribution < 1.29 is 13.2 Å². The second-order valence-electron chi connectivity index (χ2n) is 5.78. The number of rotatable bonds is 5. The first-order chi connectivity index (χ1) is 9.95. The van der Waals surface area contributed by atoms with E-state index in [4.69, 9.17) is 10.5 Å². The van der Waals surface area contributed by atoms with Gasteiger partial charge < -0.3 is 10.5 Å². The van der Waals surface area contributed by atoms with E-state index in [0.29, 0.717) is 5.75 Å². The number of methoxy groups -OCH3 is 1. The van der Waals surface area contributed by atoms with Crippen molar-refractivity contribution >= 4 is 10.0 Å². The van der Waals surface area contributed by atoms with Gasteiger partial charge in [0.05, 0.1) is 12.0 Å². The number of nitrogens with one attached hydrogen (secondary N) is 1. The summed E-state index contributed by atoms with van der Waals surface area (Å²) in [5, 5.41) is 0. The van der Waals surface area contributed by atoms with Crippen molar-refractivity contribution in [1.82, 2.24) is 4.72 Å². The van der Waals surface area contributed by atoms with Crippen LogP contribution in [0.5, 0.6) is 5.75 Å². The van der Waals surface area contributed by atoms with Crippen LogP contribution in [0, 0.1) is 0 Å². The SMILES string of the molecule is COc1cccc(S(=O)(=O)NCC2(N)CCCCCC2)c1. The molecule has 0 bridgehead atoms. The van der Waals surface area contributed by atoms with Crippen LogP contribution in [-0.4, -0.2) is 27.6 Å². The Kier molecular flexibility index (Phi) is 5.24. The summed E-state index contributed by atoms with van der Waals surface area (Å²) in [4.78, 5) is 0.207. The lowest BCUT2D eigenvalue weighted by Crippen LogP contribution is -2.49. The van der Waals surface area contributed by atoms with Crippen molar-refractivity contribution in [2.75, 3.05) is 13.7 Å².